The highest BCUT2D eigenvalue weighted by molar-refractivity contribution is 7.89. The first-order chi connectivity index (χ1) is 15.3. The van der Waals surface area contributed by atoms with E-state index in [1.165, 1.54) is 15.4 Å². The van der Waals surface area contributed by atoms with E-state index in [-0.39, 0.29) is 16.8 Å². The van der Waals surface area contributed by atoms with E-state index in [4.69, 9.17) is 0 Å². The van der Waals surface area contributed by atoms with Crippen molar-refractivity contribution in [2.75, 3.05) is 31.5 Å². The van der Waals surface area contributed by atoms with Crippen molar-refractivity contribution in [3.05, 3.63) is 65.7 Å². The number of sulfonamides is 1. The van der Waals surface area contributed by atoms with E-state index in [9.17, 15) is 13.2 Å². The predicted molar refractivity (Wildman–Crippen MR) is 130 cm³/mol. The zero-order valence-corrected chi connectivity index (χ0v) is 20.2. The quantitative estimate of drug-likeness (QED) is 0.649. The van der Waals surface area contributed by atoms with Crippen LogP contribution >= 0.6 is 0 Å². The van der Waals surface area contributed by atoms with Crippen LogP contribution in [0.1, 0.15) is 38.3 Å². The van der Waals surface area contributed by atoms with Gasteiger partial charge in [-0.3, -0.25) is 9.69 Å². The number of rotatable bonds is 8. The van der Waals surface area contributed by atoms with Gasteiger partial charge >= 0.3 is 0 Å². The maximum atomic E-state index is 13.0. The molecule has 172 valence electrons. The molecule has 0 unspecified atom stereocenters. The summed E-state index contributed by atoms with van der Waals surface area (Å²) in [5.41, 5.74) is 3.69. The Bertz CT molecular complexity index is 1080. The van der Waals surface area contributed by atoms with Crippen molar-refractivity contribution in [2.24, 2.45) is 0 Å². The molecule has 0 aromatic heterocycles. The van der Waals surface area contributed by atoms with Gasteiger partial charge < -0.3 is 5.32 Å². The largest absolute Gasteiger partial charge is 0.325 e. The molecular weight excluding hydrogens is 422 g/mol. The van der Waals surface area contributed by atoms with Gasteiger partial charge in [-0.25, -0.2) is 8.42 Å². The average Bonchev–Trinajstić information content (AvgIpc) is 2.81. The van der Waals surface area contributed by atoms with E-state index in [0.717, 1.165) is 13.0 Å². The Morgan fingerprint density at radius 2 is 1.81 bits per heavy atom. The summed E-state index contributed by atoms with van der Waals surface area (Å²) in [5.74, 6) is -0.142. The van der Waals surface area contributed by atoms with Gasteiger partial charge in [0.05, 0.1) is 10.9 Å². The first-order valence-electron chi connectivity index (χ1n) is 11.2. The predicted octanol–water partition coefficient (Wildman–Crippen LogP) is 4.14. The van der Waals surface area contributed by atoms with Crippen molar-refractivity contribution < 1.29 is 13.2 Å². The molecule has 1 atom stereocenters. The molecule has 1 heterocycles. The molecule has 0 aliphatic carbocycles. The standard InChI is InChI=1S/C25H33N3O3S/c1-5-28(6-2)32(30,31)24-18-23(13-12-19(24)3)26-25(29)20(4)27-16-14-22(15-17-27)21-10-8-7-9-11-21/h7-14,18,20H,5-6,15-17H2,1-4H3,(H,26,29)/t20-/m1/s1. The van der Waals surface area contributed by atoms with E-state index >= 15 is 0 Å². The number of nitrogens with one attached hydrogen (secondary N) is 1. The van der Waals surface area contributed by atoms with Crippen molar-refractivity contribution in [3.8, 4) is 0 Å². The number of nitrogens with zero attached hydrogens (tertiary/aromatic N) is 2. The smallest absolute Gasteiger partial charge is 0.243 e. The van der Waals surface area contributed by atoms with Crippen LogP contribution in [0.3, 0.4) is 0 Å². The molecule has 3 rings (SSSR count). The van der Waals surface area contributed by atoms with Gasteiger partial charge in [0.25, 0.3) is 0 Å². The Morgan fingerprint density at radius 3 is 2.41 bits per heavy atom. The molecule has 0 spiro atoms. The number of carbonyl (C=O) groups is 1. The molecule has 0 saturated carbocycles. The first-order valence-corrected chi connectivity index (χ1v) is 12.6. The summed E-state index contributed by atoms with van der Waals surface area (Å²) in [7, 11) is -3.60. The lowest BCUT2D eigenvalue weighted by atomic mass is 9.99. The summed E-state index contributed by atoms with van der Waals surface area (Å²) in [4.78, 5) is 15.3. The highest BCUT2D eigenvalue weighted by Gasteiger charge is 2.26. The van der Waals surface area contributed by atoms with Gasteiger partial charge in [0, 0.05) is 31.9 Å². The third-order valence-corrected chi connectivity index (χ3v) is 8.28. The highest BCUT2D eigenvalue weighted by atomic mass is 32.2. The van der Waals surface area contributed by atoms with Crippen LogP contribution in [0, 0.1) is 6.92 Å². The van der Waals surface area contributed by atoms with E-state index in [2.05, 4.69) is 28.4 Å². The maximum absolute atomic E-state index is 13.0. The molecule has 1 aliphatic heterocycles. The highest BCUT2D eigenvalue weighted by Crippen LogP contribution is 2.25. The minimum atomic E-state index is -3.60. The summed E-state index contributed by atoms with van der Waals surface area (Å²) < 4.78 is 27.4. The Balaban J connectivity index is 1.70. The summed E-state index contributed by atoms with van der Waals surface area (Å²) >= 11 is 0. The van der Waals surface area contributed by atoms with Gasteiger partial charge in [0.15, 0.2) is 0 Å². The molecule has 2 aromatic rings. The molecule has 32 heavy (non-hydrogen) atoms. The fourth-order valence-corrected chi connectivity index (χ4v) is 5.73. The second-order valence-corrected chi connectivity index (χ2v) is 9.98. The number of benzene rings is 2. The number of anilines is 1. The van der Waals surface area contributed by atoms with Crippen molar-refractivity contribution in [2.45, 2.75) is 45.1 Å². The second-order valence-electron chi connectivity index (χ2n) is 8.08. The second kappa shape index (κ2) is 10.4. The van der Waals surface area contributed by atoms with Crippen LogP contribution in [0.5, 0.6) is 0 Å². The SMILES string of the molecule is CCN(CC)S(=O)(=O)c1cc(NC(=O)[C@@H](C)N2CC=C(c3ccccc3)CC2)ccc1C. The Hall–Kier alpha value is -2.48. The minimum absolute atomic E-state index is 0.142. The van der Waals surface area contributed by atoms with Crippen molar-refractivity contribution in [3.63, 3.8) is 0 Å². The summed E-state index contributed by atoms with van der Waals surface area (Å²) in [6, 6.07) is 15.0. The van der Waals surface area contributed by atoms with Gasteiger partial charge in [-0.1, -0.05) is 56.3 Å². The molecule has 0 saturated heterocycles. The van der Waals surface area contributed by atoms with Crippen LogP contribution in [-0.2, 0) is 14.8 Å². The fourth-order valence-electron chi connectivity index (χ4n) is 4.02. The molecule has 7 heteroatoms. The van der Waals surface area contributed by atoms with E-state index < -0.39 is 10.0 Å². The van der Waals surface area contributed by atoms with Crippen LogP contribution < -0.4 is 5.32 Å². The zero-order chi connectivity index (χ0) is 23.3. The number of aryl methyl sites for hydroxylation is 1. The third-order valence-electron chi connectivity index (χ3n) is 6.09. The van der Waals surface area contributed by atoms with Crippen molar-refractivity contribution >= 4 is 27.2 Å². The molecule has 0 bridgehead atoms. The fraction of sp³-hybridized carbons (Fsp3) is 0.400. The third kappa shape index (κ3) is 5.28. The Labute approximate surface area is 192 Å². The lowest BCUT2D eigenvalue weighted by Gasteiger charge is -2.31. The normalized spacial score (nSPS) is 16.0. The number of hydrogen-bond acceptors (Lipinski definition) is 4. The number of carbonyl (C=O) groups excluding carboxylic acids is 1. The average molecular weight is 456 g/mol. The lowest BCUT2D eigenvalue weighted by Crippen LogP contribution is -2.44. The molecule has 1 amide bonds. The molecular formula is C25H33N3O3S. The summed E-state index contributed by atoms with van der Waals surface area (Å²) in [6.45, 7) is 9.60. The lowest BCUT2D eigenvalue weighted by molar-refractivity contribution is -0.120. The zero-order valence-electron chi connectivity index (χ0n) is 19.3. The first kappa shape index (κ1) is 24.2. The van der Waals surface area contributed by atoms with Crippen LogP contribution in [0.2, 0.25) is 0 Å². The van der Waals surface area contributed by atoms with E-state index in [1.807, 2.05) is 39.0 Å². The van der Waals surface area contributed by atoms with Crippen LogP contribution in [0.15, 0.2) is 59.5 Å². The maximum Gasteiger partial charge on any atom is 0.243 e. The summed E-state index contributed by atoms with van der Waals surface area (Å²) in [6.07, 6.45) is 3.07. The Kier molecular flexibility index (Phi) is 7.87. The molecule has 6 nitrogen and oxygen atoms in total. The van der Waals surface area contributed by atoms with Crippen LogP contribution in [0.25, 0.3) is 5.57 Å². The van der Waals surface area contributed by atoms with E-state index in [0.29, 0.717) is 30.9 Å². The Morgan fingerprint density at radius 1 is 1.12 bits per heavy atom. The topological polar surface area (TPSA) is 69.7 Å². The van der Waals surface area contributed by atoms with Gasteiger partial charge in [-0.05, 0) is 49.1 Å². The van der Waals surface area contributed by atoms with Gasteiger partial charge in [0.1, 0.15) is 0 Å². The molecule has 0 radical (unpaired) electrons. The van der Waals surface area contributed by atoms with Crippen LogP contribution in [-0.4, -0.2) is 55.8 Å². The van der Waals surface area contributed by atoms with Crippen molar-refractivity contribution in [1.82, 2.24) is 9.21 Å². The number of hydrogen-bond donors (Lipinski definition) is 1. The number of amides is 1. The van der Waals surface area contributed by atoms with E-state index in [1.54, 1.807) is 25.1 Å². The molecule has 1 aliphatic rings. The molecule has 1 N–H and O–H groups in total. The summed E-state index contributed by atoms with van der Waals surface area (Å²) in [5, 5.41) is 2.91. The molecule has 0 fully saturated rings. The minimum Gasteiger partial charge on any atom is -0.325 e. The van der Waals surface area contributed by atoms with Crippen molar-refractivity contribution in [1.29, 1.82) is 0 Å². The van der Waals surface area contributed by atoms with Crippen LogP contribution in [0.4, 0.5) is 5.69 Å². The van der Waals surface area contributed by atoms with Gasteiger partial charge in [-0.2, -0.15) is 4.31 Å². The monoisotopic (exact) mass is 455 g/mol. The molecule has 2 aromatic carbocycles. The van der Waals surface area contributed by atoms with Gasteiger partial charge in [0.2, 0.25) is 15.9 Å². The van der Waals surface area contributed by atoms with Gasteiger partial charge in [-0.15, -0.1) is 0 Å².